The number of ether oxygens (including phenoxy) is 1. The summed E-state index contributed by atoms with van der Waals surface area (Å²) in [5, 5.41) is 0. The van der Waals surface area contributed by atoms with Gasteiger partial charge in [0, 0.05) is 44.4 Å². The molecule has 0 amide bonds. The zero-order valence-electron chi connectivity index (χ0n) is 20.5. The highest BCUT2D eigenvalue weighted by atomic mass is 79.9. The second-order valence-electron chi connectivity index (χ2n) is 9.06. The molecule has 8 heteroatoms. The predicted octanol–water partition coefficient (Wildman–Crippen LogP) is 5.06. The molecule has 0 bridgehead atoms. The summed E-state index contributed by atoms with van der Waals surface area (Å²) in [4.78, 5) is 22.4. The maximum atomic E-state index is 13.8. The minimum atomic E-state index is -0.256. The van der Waals surface area contributed by atoms with Crippen LogP contribution in [0.1, 0.15) is 22.7 Å². The number of piperazine rings is 1. The van der Waals surface area contributed by atoms with E-state index in [1.807, 2.05) is 49.4 Å². The van der Waals surface area contributed by atoms with E-state index in [-0.39, 0.29) is 17.4 Å². The second-order valence-corrected chi connectivity index (χ2v) is 9.87. The number of para-hydroxylation sites is 1. The molecule has 0 saturated carbocycles. The van der Waals surface area contributed by atoms with Crippen LogP contribution in [0.5, 0.6) is 5.75 Å². The van der Waals surface area contributed by atoms with Crippen molar-refractivity contribution in [2.24, 2.45) is 7.05 Å². The van der Waals surface area contributed by atoms with Crippen molar-refractivity contribution in [2.45, 2.75) is 13.0 Å². The van der Waals surface area contributed by atoms with Crippen molar-refractivity contribution in [3.8, 4) is 5.75 Å². The highest BCUT2D eigenvalue weighted by Gasteiger charge is 2.30. The number of halogens is 2. The van der Waals surface area contributed by atoms with Gasteiger partial charge in [0.05, 0.1) is 24.4 Å². The second kappa shape index (κ2) is 10.0. The largest absolute Gasteiger partial charge is 0.496 e. The molecule has 1 aliphatic heterocycles. The summed E-state index contributed by atoms with van der Waals surface area (Å²) >= 11 is 3.49. The van der Waals surface area contributed by atoms with Crippen LogP contribution < -0.4 is 15.2 Å². The van der Waals surface area contributed by atoms with Crippen molar-refractivity contribution in [1.29, 1.82) is 0 Å². The van der Waals surface area contributed by atoms with Crippen molar-refractivity contribution < 1.29 is 9.13 Å². The van der Waals surface area contributed by atoms with Crippen LogP contribution in [0.2, 0.25) is 0 Å². The van der Waals surface area contributed by atoms with Gasteiger partial charge in [-0.1, -0.05) is 30.3 Å². The Morgan fingerprint density at radius 2 is 1.69 bits per heavy atom. The third-order valence-electron chi connectivity index (χ3n) is 7.02. The molecule has 1 atom stereocenters. The standard InChI is InChI=1S/C28H28BrFN4O2/c1-18-26(25-22(32(2)28(18)35)12-13-24(29)31-25)33-14-16-34(17-15-33)27(19-8-10-20(30)11-9-19)21-6-4-5-7-23(21)36-3/h4-13,27H,14-17H2,1-3H3/t27-/m1/s1. The molecular weight excluding hydrogens is 523 g/mol. The fourth-order valence-electron chi connectivity index (χ4n) is 5.23. The number of fused-ring (bicyclic) bond motifs is 1. The van der Waals surface area contributed by atoms with Crippen molar-refractivity contribution in [1.82, 2.24) is 14.5 Å². The number of nitrogens with zero attached hydrogens (tertiary/aromatic N) is 4. The zero-order valence-corrected chi connectivity index (χ0v) is 22.1. The summed E-state index contributed by atoms with van der Waals surface area (Å²) in [5.41, 5.74) is 5.26. The number of aryl methyl sites for hydroxylation is 1. The Bertz CT molecular complexity index is 1460. The molecule has 6 nitrogen and oxygen atoms in total. The summed E-state index contributed by atoms with van der Waals surface area (Å²) in [6.45, 7) is 4.84. The molecule has 0 spiro atoms. The maximum Gasteiger partial charge on any atom is 0.255 e. The van der Waals surface area contributed by atoms with Crippen LogP contribution >= 0.6 is 15.9 Å². The number of methoxy groups -OCH3 is 1. The Balaban J connectivity index is 1.51. The molecule has 2 aromatic heterocycles. The Kier molecular flexibility index (Phi) is 6.81. The summed E-state index contributed by atoms with van der Waals surface area (Å²) in [6, 6.07) is 18.4. The zero-order chi connectivity index (χ0) is 25.4. The SMILES string of the molecule is COc1ccccc1[C@@H](c1ccc(F)cc1)N1CCN(c2c(C)c(=O)n(C)c3ccc(Br)nc23)CC1. The Morgan fingerprint density at radius 3 is 2.39 bits per heavy atom. The van der Waals surface area contributed by atoms with E-state index in [1.165, 1.54) is 12.1 Å². The maximum absolute atomic E-state index is 13.8. The molecule has 186 valence electrons. The first-order valence-corrected chi connectivity index (χ1v) is 12.7. The van der Waals surface area contributed by atoms with E-state index < -0.39 is 0 Å². The molecule has 1 aliphatic rings. The first-order valence-electron chi connectivity index (χ1n) is 11.9. The van der Waals surface area contributed by atoms with Gasteiger partial charge in [-0.05, 0) is 58.7 Å². The molecule has 4 aromatic rings. The molecule has 0 unspecified atom stereocenters. The Hall–Kier alpha value is -3.23. The average Bonchev–Trinajstić information content (AvgIpc) is 2.90. The summed E-state index contributed by atoms with van der Waals surface area (Å²) in [5.74, 6) is 0.547. The number of pyridine rings is 2. The molecule has 5 rings (SSSR count). The Morgan fingerprint density at radius 1 is 1.00 bits per heavy atom. The normalized spacial score (nSPS) is 15.3. The minimum absolute atomic E-state index is 0.0118. The molecule has 1 fully saturated rings. The third kappa shape index (κ3) is 4.40. The molecular formula is C28H28BrFN4O2. The first kappa shape index (κ1) is 24.5. The lowest BCUT2D eigenvalue weighted by Gasteiger charge is -2.41. The van der Waals surface area contributed by atoms with E-state index >= 15 is 0 Å². The van der Waals surface area contributed by atoms with Crippen LogP contribution in [0.15, 0.2) is 70.1 Å². The molecule has 2 aromatic carbocycles. The lowest BCUT2D eigenvalue weighted by atomic mass is 9.95. The number of aromatic nitrogens is 2. The van der Waals surface area contributed by atoms with Gasteiger partial charge in [-0.3, -0.25) is 9.69 Å². The van der Waals surface area contributed by atoms with Gasteiger partial charge < -0.3 is 14.2 Å². The number of benzene rings is 2. The lowest BCUT2D eigenvalue weighted by molar-refractivity contribution is 0.209. The highest BCUT2D eigenvalue weighted by Crippen LogP contribution is 2.36. The van der Waals surface area contributed by atoms with E-state index in [4.69, 9.17) is 9.72 Å². The summed E-state index contributed by atoms with van der Waals surface area (Å²) in [7, 11) is 3.46. The minimum Gasteiger partial charge on any atom is -0.496 e. The van der Waals surface area contributed by atoms with Crippen LogP contribution in [-0.4, -0.2) is 47.7 Å². The quantitative estimate of drug-likeness (QED) is 0.325. The molecule has 0 N–H and O–H groups in total. The summed E-state index contributed by atoms with van der Waals surface area (Å²) < 4.78 is 21.8. The van der Waals surface area contributed by atoms with E-state index in [2.05, 4.69) is 31.8 Å². The van der Waals surface area contributed by atoms with Crippen molar-refractivity contribution in [2.75, 3.05) is 38.2 Å². The van der Waals surface area contributed by atoms with E-state index in [1.54, 1.807) is 18.7 Å². The van der Waals surface area contributed by atoms with Crippen LogP contribution in [0, 0.1) is 12.7 Å². The number of rotatable bonds is 5. The molecule has 36 heavy (non-hydrogen) atoms. The van der Waals surface area contributed by atoms with Crippen LogP contribution in [0.25, 0.3) is 11.0 Å². The molecule has 0 radical (unpaired) electrons. The molecule has 0 aliphatic carbocycles. The summed E-state index contributed by atoms with van der Waals surface area (Å²) in [6.07, 6.45) is 0. The Labute approximate surface area is 218 Å². The lowest BCUT2D eigenvalue weighted by Crippen LogP contribution is -2.48. The third-order valence-corrected chi connectivity index (χ3v) is 7.46. The van der Waals surface area contributed by atoms with Gasteiger partial charge in [0.1, 0.15) is 21.7 Å². The van der Waals surface area contributed by atoms with Gasteiger partial charge in [-0.25, -0.2) is 9.37 Å². The average molecular weight is 551 g/mol. The molecule has 1 saturated heterocycles. The van der Waals surface area contributed by atoms with E-state index in [9.17, 15) is 9.18 Å². The van der Waals surface area contributed by atoms with Crippen LogP contribution in [-0.2, 0) is 7.05 Å². The fourth-order valence-corrected chi connectivity index (χ4v) is 5.54. The van der Waals surface area contributed by atoms with Crippen LogP contribution in [0.3, 0.4) is 0 Å². The van der Waals surface area contributed by atoms with Crippen molar-refractivity contribution in [3.05, 3.63) is 98.1 Å². The number of anilines is 1. The van der Waals surface area contributed by atoms with Crippen molar-refractivity contribution in [3.63, 3.8) is 0 Å². The fraction of sp³-hybridized carbons (Fsp3) is 0.286. The van der Waals surface area contributed by atoms with Gasteiger partial charge in [0.15, 0.2) is 0 Å². The van der Waals surface area contributed by atoms with Crippen molar-refractivity contribution >= 4 is 32.7 Å². The van der Waals surface area contributed by atoms with Gasteiger partial charge in [0.25, 0.3) is 5.56 Å². The smallest absolute Gasteiger partial charge is 0.255 e. The monoisotopic (exact) mass is 550 g/mol. The topological polar surface area (TPSA) is 50.6 Å². The highest BCUT2D eigenvalue weighted by molar-refractivity contribution is 9.10. The van der Waals surface area contributed by atoms with E-state index in [0.29, 0.717) is 5.56 Å². The van der Waals surface area contributed by atoms with E-state index in [0.717, 1.165) is 64.4 Å². The first-order chi connectivity index (χ1) is 17.4. The number of hydrogen-bond acceptors (Lipinski definition) is 5. The molecule has 3 heterocycles. The predicted molar refractivity (Wildman–Crippen MR) is 144 cm³/mol. The van der Waals surface area contributed by atoms with Gasteiger partial charge in [0.2, 0.25) is 0 Å². The van der Waals surface area contributed by atoms with Gasteiger partial charge >= 0.3 is 0 Å². The van der Waals surface area contributed by atoms with Gasteiger partial charge in [-0.2, -0.15) is 0 Å². The van der Waals surface area contributed by atoms with Gasteiger partial charge in [-0.15, -0.1) is 0 Å². The number of hydrogen-bond donors (Lipinski definition) is 0. The van der Waals surface area contributed by atoms with Crippen LogP contribution in [0.4, 0.5) is 10.1 Å².